The molecule has 3 rings (SSSR count). The van der Waals surface area contributed by atoms with Crippen LogP contribution in [0, 0.1) is 6.92 Å². The van der Waals surface area contributed by atoms with Crippen LogP contribution < -0.4 is 4.74 Å². The molecule has 1 N–H and O–H groups in total. The number of amides is 1. The number of carbonyl (C=O) groups is 1. The lowest BCUT2D eigenvalue weighted by Gasteiger charge is -2.29. The molecule has 1 aliphatic heterocycles. The van der Waals surface area contributed by atoms with Crippen LogP contribution in [-0.4, -0.2) is 43.7 Å². The largest absolute Gasteiger partial charge is 0.470 e. The summed E-state index contributed by atoms with van der Waals surface area (Å²) in [5, 5.41) is 18.7. The van der Waals surface area contributed by atoms with E-state index in [9.17, 15) is 18.7 Å². The van der Waals surface area contributed by atoms with Crippen LogP contribution in [0.4, 0.5) is 8.78 Å². The number of ether oxygens (including phenoxy) is 1. The maximum absolute atomic E-state index is 13.2. The van der Waals surface area contributed by atoms with Crippen molar-refractivity contribution in [2.24, 2.45) is 5.10 Å². The Morgan fingerprint density at radius 1 is 1.41 bits per heavy atom. The first kappa shape index (κ1) is 19.2. The number of aromatic nitrogens is 2. The molecule has 2 aromatic rings. The Kier molecular flexibility index (Phi) is 5.16. The lowest BCUT2D eigenvalue weighted by atomic mass is 10.1. The first-order valence-corrected chi connectivity index (χ1v) is 8.40. The van der Waals surface area contributed by atoms with Gasteiger partial charge in [-0.3, -0.25) is 4.79 Å². The molecule has 1 aliphatic rings. The number of carbonyl (C=O) groups excluding carboxylic acids is 1. The summed E-state index contributed by atoms with van der Waals surface area (Å²) in [4.78, 5) is 12.5. The van der Waals surface area contributed by atoms with E-state index in [2.05, 4.69) is 10.2 Å². The molecular formula is C17H17ClF2N4O3. The third kappa shape index (κ3) is 3.79. The molecular weight excluding hydrogens is 382 g/mol. The van der Waals surface area contributed by atoms with Crippen LogP contribution in [0.3, 0.4) is 0 Å². The van der Waals surface area contributed by atoms with Crippen molar-refractivity contribution in [3.63, 3.8) is 0 Å². The Bertz CT molecular complexity index is 902. The highest BCUT2D eigenvalue weighted by Gasteiger charge is 2.51. The molecule has 1 aromatic carbocycles. The van der Waals surface area contributed by atoms with Crippen LogP contribution >= 0.6 is 11.6 Å². The Morgan fingerprint density at radius 3 is 2.85 bits per heavy atom. The quantitative estimate of drug-likeness (QED) is 0.839. The molecule has 2 heterocycles. The van der Waals surface area contributed by atoms with Crippen molar-refractivity contribution in [3.8, 4) is 5.75 Å². The van der Waals surface area contributed by atoms with E-state index in [0.717, 1.165) is 5.56 Å². The molecule has 0 radical (unpaired) electrons. The van der Waals surface area contributed by atoms with Crippen LogP contribution in [0.15, 0.2) is 35.6 Å². The van der Waals surface area contributed by atoms with Gasteiger partial charge in [0.05, 0.1) is 5.02 Å². The van der Waals surface area contributed by atoms with E-state index >= 15 is 0 Å². The van der Waals surface area contributed by atoms with Gasteiger partial charge in [-0.25, -0.2) is 13.5 Å². The van der Waals surface area contributed by atoms with Gasteiger partial charge in [-0.2, -0.15) is 15.2 Å². The Hall–Kier alpha value is -2.52. The van der Waals surface area contributed by atoms with Gasteiger partial charge in [-0.05, 0) is 37.6 Å². The van der Waals surface area contributed by atoms with Crippen LogP contribution in [0.5, 0.6) is 5.75 Å². The molecule has 10 heteroatoms. The predicted molar refractivity (Wildman–Crippen MR) is 93.9 cm³/mol. The third-order valence-electron chi connectivity index (χ3n) is 3.99. The van der Waals surface area contributed by atoms with Crippen molar-refractivity contribution >= 4 is 23.2 Å². The summed E-state index contributed by atoms with van der Waals surface area (Å²) in [6, 6.07) is 6.62. The number of aliphatic hydroxyl groups is 1. The monoisotopic (exact) mass is 398 g/mol. The van der Waals surface area contributed by atoms with Gasteiger partial charge in [0.1, 0.15) is 5.75 Å². The first-order chi connectivity index (χ1) is 12.7. The van der Waals surface area contributed by atoms with Crippen molar-refractivity contribution in [2.75, 3.05) is 0 Å². The third-order valence-corrected chi connectivity index (χ3v) is 4.31. The van der Waals surface area contributed by atoms with Gasteiger partial charge in [0, 0.05) is 18.3 Å². The molecule has 0 spiro atoms. The standard InChI is InChI=1S/C17H17ClF2N4O3/c1-10-3-4-12(18)14(7-10)27-9-23-6-5-13(22-23)15(25)24-17(26,16(19)20)8-11(2)21-24/h3-7,16,26H,8-9H2,1-2H3/t17-/m0/s1. The summed E-state index contributed by atoms with van der Waals surface area (Å²) in [7, 11) is 0. The van der Waals surface area contributed by atoms with Gasteiger partial charge in [0.2, 0.25) is 5.72 Å². The molecule has 0 aliphatic carbocycles. The van der Waals surface area contributed by atoms with E-state index in [4.69, 9.17) is 16.3 Å². The van der Waals surface area contributed by atoms with Crippen molar-refractivity contribution in [3.05, 3.63) is 46.7 Å². The zero-order valence-electron chi connectivity index (χ0n) is 14.6. The van der Waals surface area contributed by atoms with E-state index in [-0.39, 0.29) is 18.1 Å². The number of rotatable bonds is 5. The van der Waals surface area contributed by atoms with E-state index in [1.165, 1.54) is 23.9 Å². The molecule has 144 valence electrons. The molecule has 27 heavy (non-hydrogen) atoms. The summed E-state index contributed by atoms with van der Waals surface area (Å²) in [5.41, 5.74) is -1.63. The van der Waals surface area contributed by atoms with Crippen molar-refractivity contribution in [2.45, 2.75) is 39.1 Å². The summed E-state index contributed by atoms with van der Waals surface area (Å²) < 4.78 is 33.3. The molecule has 0 fully saturated rings. The minimum Gasteiger partial charge on any atom is -0.470 e. The molecule has 0 saturated heterocycles. The van der Waals surface area contributed by atoms with E-state index in [1.807, 2.05) is 13.0 Å². The normalized spacial score (nSPS) is 19.5. The minimum atomic E-state index is -3.17. The summed E-state index contributed by atoms with van der Waals surface area (Å²) >= 11 is 6.05. The second kappa shape index (κ2) is 7.24. The number of hydrazone groups is 1. The number of hydrogen-bond donors (Lipinski definition) is 1. The number of aryl methyl sites for hydroxylation is 1. The van der Waals surface area contributed by atoms with E-state index in [1.54, 1.807) is 12.1 Å². The molecule has 7 nitrogen and oxygen atoms in total. The Balaban J connectivity index is 1.73. The number of nitrogens with zero attached hydrogens (tertiary/aromatic N) is 4. The van der Waals surface area contributed by atoms with Gasteiger partial charge >= 0.3 is 0 Å². The van der Waals surface area contributed by atoms with Crippen LogP contribution in [0.1, 0.15) is 29.4 Å². The second-order valence-corrected chi connectivity index (χ2v) is 6.66. The molecule has 0 unspecified atom stereocenters. The Labute approximate surface area is 158 Å². The smallest absolute Gasteiger partial charge is 0.297 e. The van der Waals surface area contributed by atoms with Crippen molar-refractivity contribution in [1.82, 2.24) is 14.8 Å². The van der Waals surface area contributed by atoms with Gasteiger partial charge in [-0.1, -0.05) is 17.7 Å². The second-order valence-electron chi connectivity index (χ2n) is 6.26. The number of halogens is 3. The van der Waals surface area contributed by atoms with Crippen LogP contribution in [-0.2, 0) is 6.73 Å². The highest BCUT2D eigenvalue weighted by atomic mass is 35.5. The first-order valence-electron chi connectivity index (χ1n) is 8.02. The number of hydrogen-bond acceptors (Lipinski definition) is 5. The lowest BCUT2D eigenvalue weighted by Crippen LogP contribution is -2.51. The van der Waals surface area contributed by atoms with Gasteiger partial charge < -0.3 is 9.84 Å². The molecule has 1 atom stereocenters. The molecule has 1 aromatic heterocycles. The average Bonchev–Trinajstić information content (AvgIpc) is 3.20. The zero-order valence-corrected chi connectivity index (χ0v) is 15.3. The van der Waals surface area contributed by atoms with E-state index in [0.29, 0.717) is 15.8 Å². The SMILES string of the molecule is CC1=NN(C(=O)c2ccn(COc3cc(C)ccc3Cl)n2)[C@@](O)(C(F)F)C1. The fourth-order valence-corrected chi connectivity index (χ4v) is 2.82. The maximum atomic E-state index is 13.2. The van der Waals surface area contributed by atoms with Gasteiger partial charge in [0.25, 0.3) is 12.3 Å². The Morgan fingerprint density at radius 2 is 2.15 bits per heavy atom. The molecule has 0 saturated carbocycles. The summed E-state index contributed by atoms with van der Waals surface area (Å²) in [5.74, 6) is -0.478. The fourth-order valence-electron chi connectivity index (χ4n) is 2.65. The van der Waals surface area contributed by atoms with Crippen molar-refractivity contribution < 1.29 is 23.4 Å². The fraction of sp³-hybridized carbons (Fsp3) is 0.353. The zero-order chi connectivity index (χ0) is 19.8. The highest BCUT2D eigenvalue weighted by Crippen LogP contribution is 2.32. The van der Waals surface area contributed by atoms with Gasteiger partial charge in [0.15, 0.2) is 12.4 Å². The maximum Gasteiger partial charge on any atom is 0.297 e. The topological polar surface area (TPSA) is 80.0 Å². The van der Waals surface area contributed by atoms with E-state index < -0.39 is 24.5 Å². The van der Waals surface area contributed by atoms with Crippen LogP contribution in [0.25, 0.3) is 0 Å². The van der Waals surface area contributed by atoms with Crippen LogP contribution in [0.2, 0.25) is 5.02 Å². The molecule has 0 bridgehead atoms. The highest BCUT2D eigenvalue weighted by molar-refractivity contribution is 6.32. The summed E-state index contributed by atoms with van der Waals surface area (Å²) in [6.07, 6.45) is -2.14. The average molecular weight is 399 g/mol. The number of benzene rings is 1. The minimum absolute atomic E-state index is 0.0438. The molecule has 1 amide bonds. The summed E-state index contributed by atoms with van der Waals surface area (Å²) in [6.45, 7) is 3.30. The lowest BCUT2D eigenvalue weighted by molar-refractivity contribution is -0.164. The number of alkyl halides is 2. The predicted octanol–water partition coefficient (Wildman–Crippen LogP) is 3.06. The van der Waals surface area contributed by atoms with Gasteiger partial charge in [-0.15, -0.1) is 0 Å². The van der Waals surface area contributed by atoms with Crippen molar-refractivity contribution in [1.29, 1.82) is 0 Å².